The molecule has 0 aliphatic carbocycles. The minimum absolute atomic E-state index is 0.420. The van der Waals surface area contributed by atoms with Gasteiger partial charge in [-0.25, -0.2) is 4.79 Å². The maximum atomic E-state index is 12.5. The number of pyridine rings is 1. The van der Waals surface area contributed by atoms with Crippen LogP contribution in [0.25, 0.3) is 0 Å². The number of allylic oxidation sites excluding steroid dienone is 2. The second kappa shape index (κ2) is 8.08. The van der Waals surface area contributed by atoms with Crippen LogP contribution < -0.4 is 5.32 Å². The molecule has 0 amide bonds. The molecule has 0 saturated carbocycles. The van der Waals surface area contributed by atoms with Gasteiger partial charge in [0.2, 0.25) is 0 Å². The Bertz CT molecular complexity index is 750. The number of nitrogens with zero attached hydrogens (tertiary/aromatic N) is 2. The van der Waals surface area contributed by atoms with Gasteiger partial charge in [0, 0.05) is 41.8 Å². The fourth-order valence-corrected chi connectivity index (χ4v) is 3.21. The standard InChI is InChI=1S/C17H18BrN3O3/c1-10-12(8-19)15(11-4-6-20-9-13(11)18)16(17(22)24-3)14(21-10)5-7-23-2/h4,6,9,15,21H,5,7H2,1-3H3. The van der Waals surface area contributed by atoms with Gasteiger partial charge in [-0.2, -0.15) is 5.26 Å². The van der Waals surface area contributed by atoms with Gasteiger partial charge in [-0.05, 0) is 34.5 Å². The SMILES string of the molecule is COCCC1=C(C(=O)OC)C(c2ccncc2Br)C(C#N)=C(C)N1. The average molecular weight is 392 g/mol. The van der Waals surface area contributed by atoms with Crippen LogP contribution in [0.15, 0.2) is 45.5 Å². The summed E-state index contributed by atoms with van der Waals surface area (Å²) >= 11 is 3.47. The van der Waals surface area contributed by atoms with Gasteiger partial charge in [0.25, 0.3) is 0 Å². The first-order chi connectivity index (χ1) is 11.5. The number of hydrogen-bond donors (Lipinski definition) is 1. The Kier molecular flexibility index (Phi) is 6.12. The summed E-state index contributed by atoms with van der Waals surface area (Å²) in [7, 11) is 2.93. The molecule has 0 bridgehead atoms. The maximum absolute atomic E-state index is 12.5. The second-order valence-corrected chi connectivity index (χ2v) is 6.09. The topological polar surface area (TPSA) is 84.2 Å². The van der Waals surface area contributed by atoms with Gasteiger partial charge in [-0.3, -0.25) is 4.98 Å². The van der Waals surface area contributed by atoms with E-state index in [1.54, 1.807) is 25.6 Å². The number of carbonyl (C=O) groups is 1. The first-order valence-corrected chi connectivity index (χ1v) is 8.12. The zero-order chi connectivity index (χ0) is 17.7. The number of halogens is 1. The van der Waals surface area contributed by atoms with Crippen LogP contribution in [-0.4, -0.2) is 31.8 Å². The van der Waals surface area contributed by atoms with Gasteiger partial charge in [-0.15, -0.1) is 0 Å². The number of nitriles is 1. The number of dihydropyridines is 1. The van der Waals surface area contributed by atoms with Gasteiger partial charge in [0.1, 0.15) is 0 Å². The van der Waals surface area contributed by atoms with Crippen molar-refractivity contribution >= 4 is 21.9 Å². The Morgan fingerprint density at radius 3 is 2.83 bits per heavy atom. The molecule has 0 radical (unpaired) electrons. The van der Waals surface area contributed by atoms with E-state index in [2.05, 4.69) is 32.3 Å². The van der Waals surface area contributed by atoms with E-state index in [1.807, 2.05) is 6.92 Å². The van der Waals surface area contributed by atoms with Crippen LogP contribution in [0.4, 0.5) is 0 Å². The molecule has 1 atom stereocenters. The average Bonchev–Trinajstić information content (AvgIpc) is 2.59. The molecule has 1 aromatic rings. The summed E-state index contributed by atoms with van der Waals surface area (Å²) in [6.45, 7) is 2.27. The predicted molar refractivity (Wildman–Crippen MR) is 91.7 cm³/mol. The Morgan fingerprint density at radius 1 is 1.50 bits per heavy atom. The van der Waals surface area contributed by atoms with Gasteiger partial charge in [0.15, 0.2) is 0 Å². The lowest BCUT2D eigenvalue weighted by Crippen LogP contribution is -2.30. The number of carbonyl (C=O) groups excluding carboxylic acids is 1. The number of ether oxygens (including phenoxy) is 2. The van der Waals surface area contributed by atoms with E-state index in [9.17, 15) is 10.1 Å². The number of aromatic nitrogens is 1. The van der Waals surface area contributed by atoms with Crippen LogP contribution in [0.5, 0.6) is 0 Å². The summed E-state index contributed by atoms with van der Waals surface area (Å²) in [6.07, 6.45) is 3.79. The molecule has 2 rings (SSSR count). The van der Waals surface area contributed by atoms with Crippen molar-refractivity contribution in [2.24, 2.45) is 0 Å². The number of methoxy groups -OCH3 is 2. The summed E-state index contributed by atoms with van der Waals surface area (Å²) in [4.78, 5) is 16.5. The van der Waals surface area contributed by atoms with E-state index in [0.717, 1.165) is 10.0 Å². The molecule has 0 spiro atoms. The summed E-state index contributed by atoms with van der Waals surface area (Å²) in [5, 5.41) is 12.8. The summed E-state index contributed by atoms with van der Waals surface area (Å²) < 4.78 is 10.8. The minimum atomic E-state index is -0.520. The van der Waals surface area contributed by atoms with Crippen molar-refractivity contribution in [2.75, 3.05) is 20.8 Å². The van der Waals surface area contributed by atoms with Crippen molar-refractivity contribution in [2.45, 2.75) is 19.3 Å². The maximum Gasteiger partial charge on any atom is 0.336 e. The highest BCUT2D eigenvalue weighted by molar-refractivity contribution is 9.10. The van der Waals surface area contributed by atoms with Crippen molar-refractivity contribution in [3.05, 3.63) is 51.0 Å². The molecular weight excluding hydrogens is 374 g/mol. The summed E-state index contributed by atoms with van der Waals surface area (Å²) in [6, 6.07) is 4.01. The summed E-state index contributed by atoms with van der Waals surface area (Å²) in [5.74, 6) is -0.990. The first-order valence-electron chi connectivity index (χ1n) is 7.32. The molecule has 7 heteroatoms. The van der Waals surface area contributed by atoms with Gasteiger partial charge >= 0.3 is 5.97 Å². The largest absolute Gasteiger partial charge is 0.466 e. The van der Waals surface area contributed by atoms with Crippen molar-refractivity contribution < 1.29 is 14.3 Å². The molecule has 0 fully saturated rings. The van der Waals surface area contributed by atoms with Crippen molar-refractivity contribution in [1.82, 2.24) is 10.3 Å². The quantitative estimate of drug-likeness (QED) is 0.776. The molecule has 0 saturated heterocycles. The van der Waals surface area contributed by atoms with Crippen LogP contribution >= 0.6 is 15.9 Å². The number of nitrogens with one attached hydrogen (secondary N) is 1. The van der Waals surface area contributed by atoms with E-state index in [4.69, 9.17) is 9.47 Å². The zero-order valence-corrected chi connectivity index (χ0v) is 15.3. The van der Waals surface area contributed by atoms with Crippen molar-refractivity contribution in [3.8, 4) is 6.07 Å². The number of esters is 1. The van der Waals surface area contributed by atoms with Gasteiger partial charge in [-0.1, -0.05) is 0 Å². The Morgan fingerprint density at radius 2 is 2.25 bits per heavy atom. The van der Waals surface area contributed by atoms with Crippen LogP contribution in [0.2, 0.25) is 0 Å². The molecule has 126 valence electrons. The Labute approximate surface area is 149 Å². The molecule has 6 nitrogen and oxygen atoms in total. The van der Waals surface area contributed by atoms with Gasteiger partial charge in [0.05, 0.1) is 36.9 Å². The number of rotatable bonds is 5. The monoisotopic (exact) mass is 391 g/mol. The third kappa shape index (κ3) is 3.50. The predicted octanol–water partition coefficient (Wildman–Crippen LogP) is 2.79. The highest BCUT2D eigenvalue weighted by Crippen LogP contribution is 2.41. The lowest BCUT2D eigenvalue weighted by molar-refractivity contribution is -0.136. The first kappa shape index (κ1) is 18.2. The van der Waals surface area contributed by atoms with E-state index in [0.29, 0.717) is 35.6 Å². The van der Waals surface area contributed by atoms with E-state index in [-0.39, 0.29) is 0 Å². The molecule has 1 aromatic heterocycles. The van der Waals surface area contributed by atoms with E-state index < -0.39 is 11.9 Å². The molecule has 1 N–H and O–H groups in total. The minimum Gasteiger partial charge on any atom is -0.466 e. The number of hydrogen-bond acceptors (Lipinski definition) is 6. The second-order valence-electron chi connectivity index (χ2n) is 5.23. The fraction of sp³-hybridized carbons (Fsp3) is 0.353. The summed E-state index contributed by atoms with van der Waals surface area (Å²) in [5.41, 5.74) is 3.10. The molecular formula is C17H18BrN3O3. The molecule has 0 aromatic carbocycles. The molecule has 2 heterocycles. The zero-order valence-electron chi connectivity index (χ0n) is 13.7. The third-order valence-corrected chi connectivity index (χ3v) is 4.50. The smallest absolute Gasteiger partial charge is 0.336 e. The molecule has 1 unspecified atom stereocenters. The van der Waals surface area contributed by atoms with E-state index >= 15 is 0 Å². The lowest BCUT2D eigenvalue weighted by Gasteiger charge is -2.30. The van der Waals surface area contributed by atoms with Crippen LogP contribution in [-0.2, 0) is 14.3 Å². The normalized spacial score (nSPS) is 17.4. The van der Waals surface area contributed by atoms with Crippen LogP contribution in [0.3, 0.4) is 0 Å². The molecule has 24 heavy (non-hydrogen) atoms. The Hall–Kier alpha value is -2.17. The molecule has 1 aliphatic rings. The Balaban J connectivity index is 2.67. The van der Waals surface area contributed by atoms with Gasteiger partial charge < -0.3 is 14.8 Å². The van der Waals surface area contributed by atoms with Crippen LogP contribution in [0.1, 0.15) is 24.8 Å². The van der Waals surface area contributed by atoms with Crippen LogP contribution in [0, 0.1) is 11.3 Å². The molecule has 1 aliphatic heterocycles. The van der Waals surface area contributed by atoms with Crippen molar-refractivity contribution in [1.29, 1.82) is 5.26 Å². The third-order valence-electron chi connectivity index (χ3n) is 3.84. The lowest BCUT2D eigenvalue weighted by atomic mass is 9.80. The van der Waals surface area contributed by atoms with E-state index in [1.165, 1.54) is 7.11 Å². The fourth-order valence-electron chi connectivity index (χ4n) is 2.73. The van der Waals surface area contributed by atoms with Crippen molar-refractivity contribution in [3.63, 3.8) is 0 Å². The highest BCUT2D eigenvalue weighted by atomic mass is 79.9. The highest BCUT2D eigenvalue weighted by Gasteiger charge is 2.35.